The summed E-state index contributed by atoms with van der Waals surface area (Å²) in [5.41, 5.74) is 2.30. The number of nitrogens with zero attached hydrogens (tertiary/aromatic N) is 4. The largest absolute Gasteiger partial charge is 0.468 e. The average Bonchev–Trinajstić information content (AvgIpc) is 3.06. The van der Waals surface area contributed by atoms with Gasteiger partial charge in [-0.25, -0.2) is 9.50 Å². The summed E-state index contributed by atoms with van der Waals surface area (Å²) in [4.78, 5) is 32.8. The van der Waals surface area contributed by atoms with Crippen molar-refractivity contribution in [2.24, 2.45) is 0 Å². The Morgan fingerprint density at radius 1 is 1.37 bits per heavy atom. The zero-order valence-electron chi connectivity index (χ0n) is 14.4. The Kier molecular flexibility index (Phi) is 4.84. The molecule has 0 unspecified atom stereocenters. The van der Waals surface area contributed by atoms with Gasteiger partial charge in [-0.2, -0.15) is 4.98 Å². The molecule has 0 spiro atoms. The quantitative estimate of drug-likeness (QED) is 0.489. The zero-order valence-corrected chi connectivity index (χ0v) is 16.0. The normalized spacial score (nSPS) is 16.4. The van der Waals surface area contributed by atoms with Crippen molar-refractivity contribution >= 4 is 40.9 Å². The first kappa shape index (κ1) is 17.9. The molecule has 0 N–H and O–H groups in total. The zero-order chi connectivity index (χ0) is 19.0. The molecular weight excluding hydrogens is 388 g/mol. The number of benzene rings is 1. The number of hydrogen-bond donors (Lipinski definition) is 0. The van der Waals surface area contributed by atoms with Crippen molar-refractivity contribution in [2.75, 3.05) is 12.9 Å². The predicted molar refractivity (Wildman–Crippen MR) is 100 cm³/mol. The lowest BCUT2D eigenvalue weighted by Gasteiger charge is -2.23. The fourth-order valence-corrected chi connectivity index (χ4v) is 3.96. The molecule has 7 nitrogen and oxygen atoms in total. The Bertz CT molecular complexity index is 1050. The maximum Gasteiger partial charge on any atom is 0.316 e. The summed E-state index contributed by atoms with van der Waals surface area (Å²) in [7, 11) is 1.33. The first-order valence-corrected chi connectivity index (χ1v) is 9.64. The smallest absolute Gasteiger partial charge is 0.316 e. The van der Waals surface area contributed by atoms with Gasteiger partial charge in [0.25, 0.3) is 5.78 Å². The standard InChI is InChI=1S/C18H15ClN4O3S/c1-26-16(25)9-27-18-21-17-20-14-6-11(10-3-2-4-12(19)5-10)7-15(24)13(14)8-23(17)22-18/h2-5,8,11H,6-7,9H2,1H3/t11-/m1/s1. The lowest BCUT2D eigenvalue weighted by molar-refractivity contribution is -0.137. The third kappa shape index (κ3) is 3.68. The van der Waals surface area contributed by atoms with Crippen LogP contribution >= 0.6 is 23.4 Å². The highest BCUT2D eigenvalue weighted by Gasteiger charge is 2.28. The van der Waals surface area contributed by atoms with E-state index in [1.165, 1.54) is 11.6 Å². The maximum absolute atomic E-state index is 12.7. The van der Waals surface area contributed by atoms with Crippen molar-refractivity contribution in [3.05, 3.63) is 52.3 Å². The van der Waals surface area contributed by atoms with Gasteiger partial charge in [0.1, 0.15) is 0 Å². The maximum atomic E-state index is 12.7. The van der Waals surface area contributed by atoms with Gasteiger partial charge < -0.3 is 4.74 Å². The van der Waals surface area contributed by atoms with Crippen molar-refractivity contribution in [2.45, 2.75) is 23.9 Å². The minimum Gasteiger partial charge on any atom is -0.468 e. The van der Waals surface area contributed by atoms with Crippen LogP contribution in [0.15, 0.2) is 35.6 Å². The SMILES string of the molecule is COC(=O)CSc1nc2nc3c(cn2n1)C(=O)C[C@H](c1cccc(Cl)c1)C3. The van der Waals surface area contributed by atoms with E-state index in [1.807, 2.05) is 24.3 Å². The van der Waals surface area contributed by atoms with Crippen LogP contribution in [0.4, 0.5) is 0 Å². The van der Waals surface area contributed by atoms with E-state index in [2.05, 4.69) is 19.8 Å². The van der Waals surface area contributed by atoms with Gasteiger partial charge in [-0.3, -0.25) is 9.59 Å². The number of carbonyl (C=O) groups is 2. The highest BCUT2D eigenvalue weighted by Crippen LogP contribution is 2.33. The molecule has 1 aliphatic carbocycles. The first-order chi connectivity index (χ1) is 13.0. The number of carbonyl (C=O) groups excluding carboxylic acids is 2. The predicted octanol–water partition coefficient (Wildman–Crippen LogP) is 2.96. The lowest BCUT2D eigenvalue weighted by atomic mass is 9.82. The second-order valence-corrected chi connectivity index (χ2v) is 7.57. The fraction of sp³-hybridized carbons (Fsp3) is 0.278. The summed E-state index contributed by atoms with van der Waals surface area (Å²) in [5.74, 6) is 0.221. The molecule has 2 aromatic heterocycles. The van der Waals surface area contributed by atoms with E-state index < -0.39 is 0 Å². The number of methoxy groups -OCH3 is 1. The van der Waals surface area contributed by atoms with Crippen molar-refractivity contribution in [3.8, 4) is 0 Å². The third-order valence-electron chi connectivity index (χ3n) is 4.43. The number of ketones is 1. The Hall–Kier alpha value is -2.45. The summed E-state index contributed by atoms with van der Waals surface area (Å²) >= 11 is 7.25. The monoisotopic (exact) mass is 402 g/mol. The number of thioether (sulfide) groups is 1. The summed E-state index contributed by atoms with van der Waals surface area (Å²) in [6.07, 6.45) is 2.71. The molecule has 0 saturated heterocycles. The number of Topliss-reactive ketones (excluding diaryl/α,β-unsaturated/α-hetero) is 1. The number of aromatic nitrogens is 4. The number of esters is 1. The molecule has 2 heterocycles. The van der Waals surface area contributed by atoms with Crippen LogP contribution in [0.5, 0.6) is 0 Å². The molecular formula is C18H15ClN4O3S. The van der Waals surface area contributed by atoms with Gasteiger partial charge in [0.15, 0.2) is 5.78 Å². The number of fused-ring (bicyclic) bond motifs is 2. The van der Waals surface area contributed by atoms with Crippen LogP contribution < -0.4 is 0 Å². The second-order valence-electron chi connectivity index (χ2n) is 6.19. The van der Waals surface area contributed by atoms with E-state index in [9.17, 15) is 9.59 Å². The summed E-state index contributed by atoms with van der Waals surface area (Å²) in [6, 6.07) is 7.57. The fourth-order valence-electron chi connectivity index (χ4n) is 3.10. The molecule has 1 atom stereocenters. The molecule has 1 aromatic carbocycles. The first-order valence-electron chi connectivity index (χ1n) is 8.28. The average molecular weight is 403 g/mol. The molecule has 27 heavy (non-hydrogen) atoms. The number of hydrogen-bond acceptors (Lipinski definition) is 7. The Balaban J connectivity index is 1.63. The molecule has 0 bridgehead atoms. The van der Waals surface area contributed by atoms with Gasteiger partial charge in [0, 0.05) is 17.6 Å². The molecule has 9 heteroatoms. The number of ether oxygens (including phenoxy) is 1. The minimum absolute atomic E-state index is 0.0230. The molecule has 0 fully saturated rings. The molecule has 138 valence electrons. The Morgan fingerprint density at radius 3 is 3.00 bits per heavy atom. The van der Waals surface area contributed by atoms with E-state index in [0.717, 1.165) is 17.3 Å². The van der Waals surface area contributed by atoms with Crippen molar-refractivity contribution in [3.63, 3.8) is 0 Å². The lowest BCUT2D eigenvalue weighted by Crippen LogP contribution is -2.21. The molecule has 0 radical (unpaired) electrons. The van der Waals surface area contributed by atoms with Crippen LogP contribution in [-0.4, -0.2) is 44.2 Å². The van der Waals surface area contributed by atoms with Crippen LogP contribution in [0.25, 0.3) is 5.78 Å². The van der Waals surface area contributed by atoms with Crippen LogP contribution in [0.1, 0.15) is 34.0 Å². The van der Waals surface area contributed by atoms with Crippen LogP contribution in [0.2, 0.25) is 5.02 Å². The van der Waals surface area contributed by atoms with Gasteiger partial charge in [0.05, 0.1) is 24.1 Å². The Labute approximate surface area is 164 Å². The molecule has 0 amide bonds. The Morgan fingerprint density at radius 2 is 2.22 bits per heavy atom. The second kappa shape index (κ2) is 7.28. The minimum atomic E-state index is -0.356. The van der Waals surface area contributed by atoms with Gasteiger partial charge in [0.2, 0.25) is 5.16 Å². The van der Waals surface area contributed by atoms with Crippen molar-refractivity contribution in [1.29, 1.82) is 0 Å². The van der Waals surface area contributed by atoms with E-state index in [0.29, 0.717) is 40.1 Å². The van der Waals surface area contributed by atoms with Gasteiger partial charge >= 0.3 is 5.97 Å². The third-order valence-corrected chi connectivity index (χ3v) is 5.48. The summed E-state index contributed by atoms with van der Waals surface area (Å²) in [6.45, 7) is 0. The van der Waals surface area contributed by atoms with E-state index in [4.69, 9.17) is 11.6 Å². The molecule has 4 rings (SSSR count). The van der Waals surface area contributed by atoms with E-state index in [-0.39, 0.29) is 23.4 Å². The topological polar surface area (TPSA) is 86.4 Å². The number of halogens is 1. The van der Waals surface area contributed by atoms with E-state index >= 15 is 0 Å². The van der Waals surface area contributed by atoms with Gasteiger partial charge in [-0.05, 0) is 30.0 Å². The van der Waals surface area contributed by atoms with Crippen LogP contribution in [0, 0.1) is 0 Å². The van der Waals surface area contributed by atoms with Crippen molar-refractivity contribution < 1.29 is 14.3 Å². The van der Waals surface area contributed by atoms with E-state index in [1.54, 1.807) is 6.20 Å². The van der Waals surface area contributed by atoms with Gasteiger partial charge in [-0.15, -0.1) is 5.10 Å². The highest BCUT2D eigenvalue weighted by atomic mass is 35.5. The number of rotatable bonds is 4. The highest BCUT2D eigenvalue weighted by molar-refractivity contribution is 7.99. The molecule has 3 aromatic rings. The van der Waals surface area contributed by atoms with Gasteiger partial charge in [-0.1, -0.05) is 35.5 Å². The van der Waals surface area contributed by atoms with Crippen molar-refractivity contribution in [1.82, 2.24) is 19.6 Å². The van der Waals surface area contributed by atoms with Crippen LogP contribution in [-0.2, 0) is 16.0 Å². The summed E-state index contributed by atoms with van der Waals surface area (Å²) in [5, 5.41) is 5.34. The molecule has 1 aliphatic rings. The molecule has 0 saturated carbocycles. The summed E-state index contributed by atoms with van der Waals surface area (Å²) < 4.78 is 6.09. The van der Waals surface area contributed by atoms with Crippen LogP contribution in [0.3, 0.4) is 0 Å². The molecule has 0 aliphatic heterocycles.